The van der Waals surface area contributed by atoms with Crippen LogP contribution in [-0.4, -0.2) is 28.0 Å². The van der Waals surface area contributed by atoms with Crippen LogP contribution in [0, 0.1) is 19.7 Å². The van der Waals surface area contributed by atoms with Gasteiger partial charge in [0, 0.05) is 22.9 Å². The normalized spacial score (nSPS) is 13.8. The van der Waals surface area contributed by atoms with Gasteiger partial charge >= 0.3 is 12.3 Å². The Bertz CT molecular complexity index is 1790. The number of benzene rings is 4. The van der Waals surface area contributed by atoms with Gasteiger partial charge in [0.15, 0.2) is 5.71 Å². The largest absolute Gasteiger partial charge is 0.511 e. The summed E-state index contributed by atoms with van der Waals surface area (Å²) < 4.78 is 59.9. The van der Waals surface area contributed by atoms with Crippen molar-refractivity contribution < 1.29 is 42.1 Å². The SMILES string of the molecule is Cc1ccc(N2C(=O)C(=NNc3cc(F)cc(-c4cccc(OC(=O)O)c4)c3O)c3ccc(C(F)(F)F)cc32)cc1C. The number of anilines is 3. The maximum absolute atomic E-state index is 14.6. The molecule has 0 bridgehead atoms. The Balaban J connectivity index is 1.57. The predicted octanol–water partition coefficient (Wildman–Crippen LogP) is 7.39. The number of hydrogen-bond donors (Lipinski definition) is 3. The predicted molar refractivity (Wildman–Crippen MR) is 147 cm³/mol. The summed E-state index contributed by atoms with van der Waals surface area (Å²) in [4.78, 5) is 25.6. The third-order valence-corrected chi connectivity index (χ3v) is 6.69. The smallest absolute Gasteiger partial charge is 0.505 e. The number of carboxylic acid groups (broad SMARTS) is 1. The number of alkyl halides is 3. The minimum absolute atomic E-state index is 0.0433. The second-order valence-electron chi connectivity index (χ2n) is 9.46. The molecule has 1 aliphatic heterocycles. The van der Waals surface area contributed by atoms with Gasteiger partial charge in [-0.15, -0.1) is 0 Å². The van der Waals surface area contributed by atoms with Gasteiger partial charge < -0.3 is 14.9 Å². The number of phenols is 1. The fourth-order valence-corrected chi connectivity index (χ4v) is 4.50. The number of rotatable bonds is 5. The van der Waals surface area contributed by atoms with Gasteiger partial charge in [-0.3, -0.25) is 15.1 Å². The Kier molecular flexibility index (Phi) is 7.07. The monoisotopic (exact) mass is 579 g/mol. The first-order chi connectivity index (χ1) is 19.8. The molecule has 8 nitrogen and oxygen atoms in total. The Morgan fingerprint density at radius 1 is 0.952 bits per heavy atom. The average Bonchev–Trinajstić information content (AvgIpc) is 3.20. The molecule has 5 rings (SSSR count). The third-order valence-electron chi connectivity index (χ3n) is 6.69. The van der Waals surface area contributed by atoms with Crippen LogP contribution < -0.4 is 15.1 Å². The van der Waals surface area contributed by atoms with E-state index in [4.69, 9.17) is 5.11 Å². The van der Waals surface area contributed by atoms with Crippen molar-refractivity contribution >= 4 is 34.8 Å². The number of carbonyl (C=O) groups is 2. The summed E-state index contributed by atoms with van der Waals surface area (Å²) in [6.45, 7) is 3.66. The van der Waals surface area contributed by atoms with Crippen LogP contribution in [0.3, 0.4) is 0 Å². The van der Waals surface area contributed by atoms with E-state index in [-0.39, 0.29) is 39.5 Å². The van der Waals surface area contributed by atoms with Gasteiger partial charge in [-0.05, 0) is 79.1 Å². The lowest BCUT2D eigenvalue weighted by molar-refractivity contribution is -0.137. The molecule has 0 aromatic heterocycles. The summed E-state index contributed by atoms with van der Waals surface area (Å²) in [5.74, 6) is -2.11. The lowest BCUT2D eigenvalue weighted by atomic mass is 10.0. The molecule has 42 heavy (non-hydrogen) atoms. The van der Waals surface area contributed by atoms with Gasteiger partial charge in [0.25, 0.3) is 5.91 Å². The topological polar surface area (TPSA) is 111 Å². The molecular weight excluding hydrogens is 558 g/mol. The zero-order chi connectivity index (χ0) is 30.3. The van der Waals surface area contributed by atoms with Crippen molar-refractivity contribution in [2.45, 2.75) is 20.0 Å². The summed E-state index contributed by atoms with van der Waals surface area (Å²) in [7, 11) is 0. The molecule has 0 saturated carbocycles. The fraction of sp³-hybridized carbons (Fsp3) is 0.100. The Morgan fingerprint density at radius 3 is 2.40 bits per heavy atom. The number of fused-ring (bicyclic) bond motifs is 1. The van der Waals surface area contributed by atoms with E-state index in [0.717, 1.165) is 46.4 Å². The van der Waals surface area contributed by atoms with Crippen molar-refractivity contribution in [2.75, 3.05) is 10.3 Å². The molecule has 0 aliphatic carbocycles. The van der Waals surface area contributed by atoms with E-state index in [2.05, 4.69) is 15.3 Å². The van der Waals surface area contributed by atoms with Crippen molar-refractivity contribution in [1.29, 1.82) is 0 Å². The van der Waals surface area contributed by atoms with Gasteiger partial charge in [0.2, 0.25) is 0 Å². The highest BCUT2D eigenvalue weighted by Gasteiger charge is 2.39. The molecule has 4 aromatic rings. The van der Waals surface area contributed by atoms with E-state index >= 15 is 0 Å². The molecule has 0 spiro atoms. The van der Waals surface area contributed by atoms with Crippen molar-refractivity contribution in [3.8, 4) is 22.6 Å². The molecule has 3 N–H and O–H groups in total. The second-order valence-corrected chi connectivity index (χ2v) is 9.46. The van der Waals surface area contributed by atoms with E-state index in [1.807, 2.05) is 6.92 Å². The van der Waals surface area contributed by atoms with E-state index in [1.165, 1.54) is 24.3 Å². The number of nitrogens with zero attached hydrogens (tertiary/aromatic N) is 2. The van der Waals surface area contributed by atoms with Gasteiger partial charge in [0.1, 0.15) is 23.0 Å². The first-order valence-electron chi connectivity index (χ1n) is 12.3. The third kappa shape index (κ3) is 5.33. The van der Waals surface area contributed by atoms with Crippen LogP contribution in [-0.2, 0) is 11.0 Å². The maximum atomic E-state index is 14.6. The Labute approximate surface area is 236 Å². The lowest BCUT2D eigenvalue weighted by Gasteiger charge is -2.19. The van der Waals surface area contributed by atoms with Crippen LogP contribution in [0.1, 0.15) is 22.3 Å². The molecule has 214 valence electrons. The molecule has 0 fully saturated rings. The lowest BCUT2D eigenvalue weighted by Crippen LogP contribution is -2.26. The highest BCUT2D eigenvalue weighted by molar-refractivity contribution is 6.55. The second kappa shape index (κ2) is 10.5. The number of phenolic OH excluding ortho intramolecular Hbond substituents is 1. The maximum Gasteiger partial charge on any atom is 0.511 e. The van der Waals surface area contributed by atoms with Crippen molar-refractivity contribution in [1.82, 2.24) is 0 Å². The van der Waals surface area contributed by atoms with E-state index < -0.39 is 35.4 Å². The number of carbonyl (C=O) groups excluding carboxylic acids is 1. The van der Waals surface area contributed by atoms with E-state index in [1.54, 1.807) is 25.1 Å². The molecule has 0 unspecified atom stereocenters. The quantitative estimate of drug-likeness (QED) is 0.0748. The van der Waals surface area contributed by atoms with Crippen LogP contribution in [0.5, 0.6) is 11.5 Å². The summed E-state index contributed by atoms with van der Waals surface area (Å²) in [6.07, 6.45) is -6.23. The summed E-state index contributed by atoms with van der Waals surface area (Å²) >= 11 is 0. The number of halogens is 4. The van der Waals surface area contributed by atoms with Crippen LogP contribution in [0.25, 0.3) is 11.1 Å². The van der Waals surface area contributed by atoms with Gasteiger partial charge in [-0.25, -0.2) is 9.18 Å². The Morgan fingerprint density at radius 2 is 1.71 bits per heavy atom. The first-order valence-corrected chi connectivity index (χ1v) is 12.3. The van der Waals surface area contributed by atoms with Crippen molar-refractivity contribution in [2.24, 2.45) is 5.10 Å². The summed E-state index contributed by atoms with van der Waals surface area (Å²) in [5.41, 5.74) is 3.26. The molecule has 0 saturated heterocycles. The minimum Gasteiger partial charge on any atom is -0.505 e. The number of ether oxygens (including phenoxy) is 1. The molecule has 12 heteroatoms. The fourth-order valence-electron chi connectivity index (χ4n) is 4.50. The Hall–Kier alpha value is -5.39. The molecule has 4 aromatic carbocycles. The summed E-state index contributed by atoms with van der Waals surface area (Å²) in [6, 6.07) is 15.3. The first kappa shape index (κ1) is 28.1. The van der Waals surface area contributed by atoms with Crippen molar-refractivity contribution in [3.05, 3.63) is 101 Å². The average molecular weight is 580 g/mol. The van der Waals surface area contributed by atoms with Gasteiger partial charge in [-0.1, -0.05) is 18.2 Å². The summed E-state index contributed by atoms with van der Waals surface area (Å²) in [5, 5.41) is 23.9. The van der Waals surface area contributed by atoms with Crippen LogP contribution in [0.4, 0.5) is 39.4 Å². The number of hydrogen-bond acceptors (Lipinski definition) is 6. The van der Waals surface area contributed by atoms with E-state index in [0.29, 0.717) is 5.69 Å². The molecular formula is C30H21F4N3O5. The van der Waals surface area contributed by atoms with Gasteiger partial charge in [0.05, 0.1) is 11.3 Å². The number of nitrogens with one attached hydrogen (secondary N) is 1. The number of aromatic hydroxyl groups is 1. The number of aryl methyl sites for hydroxylation is 2. The highest BCUT2D eigenvalue weighted by atomic mass is 19.4. The molecule has 0 radical (unpaired) electrons. The van der Waals surface area contributed by atoms with Crippen molar-refractivity contribution in [3.63, 3.8) is 0 Å². The zero-order valence-corrected chi connectivity index (χ0v) is 22.0. The number of hydrazone groups is 1. The van der Waals surface area contributed by atoms with Gasteiger partial charge in [-0.2, -0.15) is 18.3 Å². The van der Waals surface area contributed by atoms with Crippen LogP contribution in [0.2, 0.25) is 0 Å². The van der Waals surface area contributed by atoms with E-state index in [9.17, 15) is 32.3 Å². The number of amides is 1. The van der Waals surface area contributed by atoms with Crippen LogP contribution >= 0.6 is 0 Å². The molecule has 1 aliphatic rings. The molecule has 0 atom stereocenters. The highest BCUT2D eigenvalue weighted by Crippen LogP contribution is 2.42. The van der Waals surface area contributed by atoms with Crippen LogP contribution in [0.15, 0.2) is 77.9 Å². The molecule has 1 heterocycles. The standard InChI is InChI=1S/C30H21F4N3O5/c1-15-6-8-20(10-16(15)2)37-25-12-18(30(32,33)34)7-9-22(25)26(28(37)39)36-35-24-14-19(31)13-23(27(24)38)17-4-3-5-21(11-17)42-29(40)41/h3-14,35,38H,1-2H3,(H,40,41). The molecule has 1 amide bonds. The minimum atomic E-state index is -4.67. The zero-order valence-electron chi connectivity index (χ0n) is 22.0.